The number of benzene rings is 1. The highest BCUT2D eigenvalue weighted by Gasteiger charge is 2.23. The largest absolute Gasteiger partial charge is 0.496 e. The average molecular weight is 333 g/mol. The zero-order valence-electron chi connectivity index (χ0n) is 15.2. The molecule has 1 unspecified atom stereocenters. The molecule has 5 nitrogen and oxygen atoms in total. The van der Waals surface area contributed by atoms with Crippen molar-refractivity contribution in [2.24, 2.45) is 5.92 Å². The van der Waals surface area contributed by atoms with Gasteiger partial charge in [0.2, 0.25) is 0 Å². The van der Waals surface area contributed by atoms with Gasteiger partial charge >= 0.3 is 0 Å². The topological polar surface area (TPSA) is 72.5 Å². The highest BCUT2D eigenvalue weighted by Crippen LogP contribution is 2.30. The second-order valence-electron chi connectivity index (χ2n) is 5.98. The van der Waals surface area contributed by atoms with E-state index in [1.54, 1.807) is 20.2 Å². The van der Waals surface area contributed by atoms with E-state index in [0.29, 0.717) is 30.6 Å². The van der Waals surface area contributed by atoms with Crippen LogP contribution in [0.25, 0.3) is 0 Å². The highest BCUT2D eigenvalue weighted by molar-refractivity contribution is 6.01. The number of carbonyl (C=O) groups excluding carboxylic acids is 3. The summed E-state index contributed by atoms with van der Waals surface area (Å²) in [5.74, 6) is 0.123. The number of methoxy groups -OCH3 is 1. The number of hydrogen-bond acceptors (Lipinski definition) is 5. The standard InChI is InChI=1S/C19H27NO4/c1-6-16-17(10-15(20-4)11-19(16)24-5)18(23)9-14(13(3)22)8-7-12(2)21/h10-11,14,20H,6-9H2,1-5H3. The molecule has 24 heavy (non-hydrogen) atoms. The van der Waals surface area contributed by atoms with E-state index >= 15 is 0 Å². The molecule has 0 heterocycles. The zero-order chi connectivity index (χ0) is 18.3. The Morgan fingerprint density at radius 2 is 1.88 bits per heavy atom. The molecule has 0 aromatic heterocycles. The summed E-state index contributed by atoms with van der Waals surface area (Å²) in [6.07, 6.45) is 1.51. The fourth-order valence-electron chi connectivity index (χ4n) is 2.75. The molecule has 0 amide bonds. The van der Waals surface area contributed by atoms with E-state index in [2.05, 4.69) is 5.32 Å². The van der Waals surface area contributed by atoms with E-state index in [4.69, 9.17) is 4.74 Å². The van der Waals surface area contributed by atoms with Gasteiger partial charge in [0.15, 0.2) is 5.78 Å². The van der Waals surface area contributed by atoms with Gasteiger partial charge in [0.1, 0.15) is 17.3 Å². The summed E-state index contributed by atoms with van der Waals surface area (Å²) in [5.41, 5.74) is 2.21. The van der Waals surface area contributed by atoms with Crippen LogP contribution in [0.4, 0.5) is 5.69 Å². The summed E-state index contributed by atoms with van der Waals surface area (Å²) in [6, 6.07) is 3.65. The molecule has 0 fully saturated rings. The molecular formula is C19H27NO4. The minimum atomic E-state index is -0.421. The summed E-state index contributed by atoms with van der Waals surface area (Å²) in [7, 11) is 3.35. The van der Waals surface area contributed by atoms with Gasteiger partial charge in [0.05, 0.1) is 7.11 Å². The third-order valence-electron chi connectivity index (χ3n) is 4.22. The van der Waals surface area contributed by atoms with Crippen molar-refractivity contribution in [3.05, 3.63) is 23.3 Å². The molecule has 1 atom stereocenters. The number of ether oxygens (including phenoxy) is 1. The lowest BCUT2D eigenvalue weighted by Crippen LogP contribution is -2.18. The molecule has 1 rings (SSSR count). The third kappa shape index (κ3) is 5.18. The number of hydrogen-bond donors (Lipinski definition) is 1. The SMILES string of the molecule is CCc1c(OC)cc(NC)cc1C(=O)CC(CCC(C)=O)C(C)=O. The zero-order valence-corrected chi connectivity index (χ0v) is 15.2. The molecule has 0 saturated heterocycles. The van der Waals surface area contributed by atoms with Crippen LogP contribution >= 0.6 is 0 Å². The van der Waals surface area contributed by atoms with Gasteiger partial charge in [0, 0.05) is 48.7 Å². The van der Waals surface area contributed by atoms with Gasteiger partial charge in [-0.2, -0.15) is 0 Å². The Balaban J connectivity index is 3.11. The number of nitrogens with one attached hydrogen (secondary N) is 1. The number of carbonyl (C=O) groups is 3. The first-order valence-electron chi connectivity index (χ1n) is 8.25. The first kappa shape index (κ1) is 19.9. The monoisotopic (exact) mass is 333 g/mol. The van der Waals surface area contributed by atoms with Gasteiger partial charge in [-0.25, -0.2) is 0 Å². The second kappa shape index (κ2) is 9.21. The Bertz CT molecular complexity index is 622. The van der Waals surface area contributed by atoms with Crippen molar-refractivity contribution in [2.75, 3.05) is 19.5 Å². The summed E-state index contributed by atoms with van der Waals surface area (Å²) in [4.78, 5) is 35.8. The maximum absolute atomic E-state index is 12.8. The molecule has 1 aromatic rings. The second-order valence-corrected chi connectivity index (χ2v) is 5.98. The lowest BCUT2D eigenvalue weighted by atomic mass is 9.88. The summed E-state index contributed by atoms with van der Waals surface area (Å²) in [5, 5.41) is 3.02. The normalized spacial score (nSPS) is 11.7. The smallest absolute Gasteiger partial charge is 0.164 e. The molecule has 0 spiro atoms. The van der Waals surface area contributed by atoms with Crippen molar-refractivity contribution in [3.63, 3.8) is 0 Å². The van der Waals surface area contributed by atoms with Crippen LogP contribution in [-0.2, 0) is 16.0 Å². The molecule has 0 aliphatic carbocycles. The molecular weight excluding hydrogens is 306 g/mol. The van der Waals surface area contributed by atoms with Crippen LogP contribution in [-0.4, -0.2) is 31.5 Å². The third-order valence-corrected chi connectivity index (χ3v) is 4.22. The quantitative estimate of drug-likeness (QED) is 0.664. The number of Topliss-reactive ketones (excluding diaryl/α,β-unsaturated/α-hetero) is 3. The van der Waals surface area contributed by atoms with E-state index < -0.39 is 5.92 Å². The van der Waals surface area contributed by atoms with Crippen molar-refractivity contribution in [1.82, 2.24) is 0 Å². The van der Waals surface area contributed by atoms with Crippen molar-refractivity contribution >= 4 is 23.0 Å². The van der Waals surface area contributed by atoms with Gasteiger partial charge in [0.25, 0.3) is 0 Å². The minimum Gasteiger partial charge on any atom is -0.496 e. The molecule has 5 heteroatoms. The fraction of sp³-hybridized carbons (Fsp3) is 0.526. The molecule has 0 aliphatic heterocycles. The summed E-state index contributed by atoms with van der Waals surface area (Å²) < 4.78 is 5.40. The van der Waals surface area contributed by atoms with Gasteiger partial charge in [-0.05, 0) is 32.8 Å². The van der Waals surface area contributed by atoms with Crippen molar-refractivity contribution in [1.29, 1.82) is 0 Å². The maximum Gasteiger partial charge on any atom is 0.164 e. The molecule has 1 N–H and O–H groups in total. The Morgan fingerprint density at radius 1 is 1.21 bits per heavy atom. The Hall–Kier alpha value is -2.17. The van der Waals surface area contributed by atoms with Gasteiger partial charge in [-0.1, -0.05) is 6.92 Å². The van der Waals surface area contributed by atoms with Gasteiger partial charge < -0.3 is 14.8 Å². The van der Waals surface area contributed by atoms with Crippen LogP contribution in [0.3, 0.4) is 0 Å². The predicted molar refractivity (Wildman–Crippen MR) is 95.0 cm³/mol. The maximum atomic E-state index is 12.8. The molecule has 1 aromatic carbocycles. The minimum absolute atomic E-state index is 0.0294. The molecule has 0 bridgehead atoms. The van der Waals surface area contributed by atoms with E-state index in [1.165, 1.54) is 13.8 Å². The Labute approximate surface area is 143 Å². The molecule has 132 valence electrons. The van der Waals surface area contributed by atoms with Crippen LogP contribution in [0.5, 0.6) is 5.75 Å². The summed E-state index contributed by atoms with van der Waals surface area (Å²) >= 11 is 0. The first-order valence-corrected chi connectivity index (χ1v) is 8.25. The number of ketones is 3. The Morgan fingerprint density at radius 3 is 2.33 bits per heavy atom. The van der Waals surface area contributed by atoms with E-state index in [-0.39, 0.29) is 23.8 Å². The van der Waals surface area contributed by atoms with Crippen molar-refractivity contribution in [3.8, 4) is 5.75 Å². The van der Waals surface area contributed by atoms with Crippen LogP contribution in [0.1, 0.15) is 56.0 Å². The van der Waals surface area contributed by atoms with E-state index in [1.807, 2.05) is 13.0 Å². The average Bonchev–Trinajstić information content (AvgIpc) is 2.56. The fourth-order valence-corrected chi connectivity index (χ4v) is 2.75. The lowest BCUT2D eigenvalue weighted by Gasteiger charge is -2.17. The molecule has 0 aliphatic rings. The van der Waals surface area contributed by atoms with E-state index in [0.717, 1.165) is 11.3 Å². The van der Waals surface area contributed by atoms with Gasteiger partial charge in [-0.15, -0.1) is 0 Å². The number of rotatable bonds is 10. The van der Waals surface area contributed by atoms with E-state index in [9.17, 15) is 14.4 Å². The molecule has 0 radical (unpaired) electrons. The van der Waals surface area contributed by atoms with Crippen molar-refractivity contribution < 1.29 is 19.1 Å². The highest BCUT2D eigenvalue weighted by atomic mass is 16.5. The van der Waals surface area contributed by atoms with Crippen molar-refractivity contribution in [2.45, 2.75) is 46.5 Å². The van der Waals surface area contributed by atoms with Crippen LogP contribution in [0.15, 0.2) is 12.1 Å². The Kier molecular flexibility index (Phi) is 7.62. The molecule has 0 saturated carbocycles. The number of anilines is 1. The van der Waals surface area contributed by atoms with Crippen LogP contribution in [0.2, 0.25) is 0 Å². The van der Waals surface area contributed by atoms with Crippen LogP contribution < -0.4 is 10.1 Å². The summed E-state index contributed by atoms with van der Waals surface area (Å²) in [6.45, 7) is 4.94. The van der Waals surface area contributed by atoms with Crippen LogP contribution in [0, 0.1) is 5.92 Å². The predicted octanol–water partition coefficient (Wildman–Crippen LogP) is 3.45. The lowest BCUT2D eigenvalue weighted by molar-refractivity contribution is -0.121. The first-order chi connectivity index (χ1) is 11.3. The van der Waals surface area contributed by atoms with Gasteiger partial charge in [-0.3, -0.25) is 9.59 Å².